The average Bonchev–Trinajstić information content (AvgIpc) is 2.85. The van der Waals surface area contributed by atoms with Gasteiger partial charge in [-0.2, -0.15) is 0 Å². The predicted octanol–water partition coefficient (Wildman–Crippen LogP) is 2.92. The molecule has 0 aliphatic carbocycles. The summed E-state index contributed by atoms with van der Waals surface area (Å²) in [6, 6.07) is 5.04. The van der Waals surface area contributed by atoms with Crippen molar-refractivity contribution in [1.29, 1.82) is 0 Å². The number of amides is 1. The van der Waals surface area contributed by atoms with Crippen LogP contribution in [0.3, 0.4) is 0 Å². The number of aryl methyl sites for hydroxylation is 1. The molecule has 0 unspecified atom stereocenters. The highest BCUT2D eigenvalue weighted by Crippen LogP contribution is 2.24. The van der Waals surface area contributed by atoms with Gasteiger partial charge in [-0.15, -0.1) is 11.3 Å². The smallest absolute Gasteiger partial charge is 0.338 e. The lowest BCUT2D eigenvalue weighted by atomic mass is 10.1. The number of nitro benzene ring substituents is 1. The number of hydrogen-bond acceptors (Lipinski definition) is 5. The molecule has 8 heteroatoms. The number of nitrogens with zero attached hydrogens (tertiary/aromatic N) is 1. The van der Waals surface area contributed by atoms with E-state index in [1.165, 1.54) is 17.4 Å². The van der Waals surface area contributed by atoms with E-state index in [1.807, 2.05) is 0 Å². The standard InChI is InChI=1S/C13H10N2O5S/c1-7-4-5-21-11(7)12(16)14-10-3-2-8(15(19)20)6-9(10)13(17)18/h2-6H,1H3,(H,14,16)(H,17,18). The average molecular weight is 306 g/mol. The molecule has 7 nitrogen and oxygen atoms in total. The first kappa shape index (κ1) is 14.7. The summed E-state index contributed by atoms with van der Waals surface area (Å²) in [5.41, 5.74) is 0.117. The first-order valence-corrected chi connectivity index (χ1v) is 6.65. The molecule has 0 saturated heterocycles. The van der Waals surface area contributed by atoms with Gasteiger partial charge >= 0.3 is 5.97 Å². The monoisotopic (exact) mass is 306 g/mol. The van der Waals surface area contributed by atoms with Crippen LogP contribution in [0.2, 0.25) is 0 Å². The van der Waals surface area contributed by atoms with Gasteiger partial charge in [0, 0.05) is 12.1 Å². The van der Waals surface area contributed by atoms with Crippen LogP contribution in [0.15, 0.2) is 29.6 Å². The van der Waals surface area contributed by atoms with Gasteiger partial charge in [0.05, 0.1) is 21.1 Å². The maximum atomic E-state index is 12.1. The van der Waals surface area contributed by atoms with Crippen LogP contribution in [0.5, 0.6) is 0 Å². The van der Waals surface area contributed by atoms with Gasteiger partial charge in [-0.1, -0.05) is 0 Å². The van der Waals surface area contributed by atoms with Crippen LogP contribution in [0.25, 0.3) is 0 Å². The maximum absolute atomic E-state index is 12.1. The zero-order chi connectivity index (χ0) is 15.6. The second kappa shape index (κ2) is 5.71. The third-order valence-corrected chi connectivity index (χ3v) is 3.78. The molecule has 1 aromatic carbocycles. The molecule has 1 amide bonds. The molecule has 1 aromatic heterocycles. The van der Waals surface area contributed by atoms with Crippen molar-refractivity contribution < 1.29 is 19.6 Å². The second-order valence-electron chi connectivity index (χ2n) is 4.18. The van der Waals surface area contributed by atoms with Crippen molar-refractivity contribution in [3.05, 3.63) is 55.8 Å². The molecule has 0 bridgehead atoms. The van der Waals surface area contributed by atoms with Crippen LogP contribution in [-0.2, 0) is 0 Å². The van der Waals surface area contributed by atoms with Crippen molar-refractivity contribution in [2.45, 2.75) is 6.92 Å². The fourth-order valence-corrected chi connectivity index (χ4v) is 2.54. The first-order chi connectivity index (χ1) is 9.90. The van der Waals surface area contributed by atoms with Crippen molar-refractivity contribution >= 4 is 34.6 Å². The number of carboxylic acids is 1. The highest BCUT2D eigenvalue weighted by Gasteiger charge is 2.19. The fourth-order valence-electron chi connectivity index (χ4n) is 1.72. The summed E-state index contributed by atoms with van der Waals surface area (Å²) in [6.07, 6.45) is 0. The third-order valence-electron chi connectivity index (χ3n) is 2.76. The summed E-state index contributed by atoms with van der Waals surface area (Å²) >= 11 is 1.23. The minimum absolute atomic E-state index is 0.0194. The second-order valence-corrected chi connectivity index (χ2v) is 5.10. The number of carbonyl (C=O) groups is 2. The quantitative estimate of drug-likeness (QED) is 0.666. The summed E-state index contributed by atoms with van der Waals surface area (Å²) < 4.78 is 0. The number of nitrogens with one attached hydrogen (secondary N) is 1. The molecule has 2 rings (SSSR count). The van der Waals surface area contributed by atoms with Gasteiger partial charge in [0.2, 0.25) is 0 Å². The largest absolute Gasteiger partial charge is 0.478 e. The molecule has 2 aromatic rings. The molecule has 0 atom stereocenters. The van der Waals surface area contributed by atoms with E-state index in [-0.39, 0.29) is 16.9 Å². The number of rotatable bonds is 4. The molecule has 1 heterocycles. The van der Waals surface area contributed by atoms with Crippen LogP contribution in [0, 0.1) is 17.0 Å². The summed E-state index contributed by atoms with van der Waals surface area (Å²) in [4.78, 5) is 33.7. The van der Waals surface area contributed by atoms with Gasteiger partial charge < -0.3 is 10.4 Å². The van der Waals surface area contributed by atoms with Crippen molar-refractivity contribution in [2.75, 3.05) is 5.32 Å². The fraction of sp³-hybridized carbons (Fsp3) is 0.0769. The number of carboxylic acid groups (broad SMARTS) is 1. The third kappa shape index (κ3) is 3.06. The minimum Gasteiger partial charge on any atom is -0.478 e. The van der Waals surface area contributed by atoms with Crippen LogP contribution in [-0.4, -0.2) is 21.9 Å². The molecule has 0 spiro atoms. The van der Waals surface area contributed by atoms with Gasteiger partial charge in [-0.3, -0.25) is 14.9 Å². The Labute approximate surface area is 123 Å². The number of benzene rings is 1. The van der Waals surface area contributed by atoms with Gasteiger partial charge in [0.1, 0.15) is 0 Å². The lowest BCUT2D eigenvalue weighted by molar-refractivity contribution is -0.384. The van der Waals surface area contributed by atoms with E-state index in [1.54, 1.807) is 18.4 Å². The Kier molecular flexibility index (Phi) is 3.99. The van der Waals surface area contributed by atoms with E-state index in [0.717, 1.165) is 17.7 Å². The van der Waals surface area contributed by atoms with E-state index in [4.69, 9.17) is 5.11 Å². The summed E-state index contributed by atoms with van der Waals surface area (Å²) in [7, 11) is 0. The number of thiophene rings is 1. The SMILES string of the molecule is Cc1ccsc1C(=O)Nc1ccc([N+](=O)[O-])cc1C(=O)O. The summed E-state index contributed by atoms with van der Waals surface area (Å²) in [6.45, 7) is 1.76. The van der Waals surface area contributed by atoms with Gasteiger partial charge in [0.25, 0.3) is 11.6 Å². The van der Waals surface area contributed by atoms with E-state index in [9.17, 15) is 19.7 Å². The molecule has 0 fully saturated rings. The van der Waals surface area contributed by atoms with Crippen molar-refractivity contribution in [3.63, 3.8) is 0 Å². The Balaban J connectivity index is 2.36. The van der Waals surface area contributed by atoms with E-state index in [2.05, 4.69) is 5.32 Å². The molecule has 0 aliphatic rings. The molecule has 21 heavy (non-hydrogen) atoms. The van der Waals surface area contributed by atoms with Gasteiger partial charge in [-0.05, 0) is 30.0 Å². The lowest BCUT2D eigenvalue weighted by Gasteiger charge is -2.08. The Bertz CT molecular complexity index is 738. The minimum atomic E-state index is -1.35. The van der Waals surface area contributed by atoms with Crippen molar-refractivity contribution in [2.24, 2.45) is 0 Å². The van der Waals surface area contributed by atoms with Gasteiger partial charge in [-0.25, -0.2) is 4.79 Å². The molecular weight excluding hydrogens is 296 g/mol. The van der Waals surface area contributed by atoms with Crippen LogP contribution >= 0.6 is 11.3 Å². The summed E-state index contributed by atoms with van der Waals surface area (Å²) in [5, 5.41) is 24.0. The molecule has 2 N–H and O–H groups in total. The Morgan fingerprint density at radius 2 is 2.05 bits per heavy atom. The summed E-state index contributed by atoms with van der Waals surface area (Å²) in [5.74, 6) is -1.80. The maximum Gasteiger partial charge on any atom is 0.338 e. The molecule has 0 radical (unpaired) electrons. The number of aromatic carboxylic acids is 1. The van der Waals surface area contributed by atoms with Crippen molar-refractivity contribution in [3.8, 4) is 0 Å². The van der Waals surface area contributed by atoms with E-state index >= 15 is 0 Å². The molecule has 108 valence electrons. The van der Waals surface area contributed by atoms with Crippen LogP contribution in [0.1, 0.15) is 25.6 Å². The Morgan fingerprint density at radius 1 is 1.33 bits per heavy atom. The molecular formula is C13H10N2O5S. The van der Waals surface area contributed by atoms with Crippen molar-refractivity contribution in [1.82, 2.24) is 0 Å². The molecule has 0 aliphatic heterocycles. The Morgan fingerprint density at radius 3 is 2.57 bits per heavy atom. The van der Waals surface area contributed by atoms with Crippen LogP contribution < -0.4 is 5.32 Å². The van der Waals surface area contributed by atoms with E-state index in [0.29, 0.717) is 4.88 Å². The number of hydrogen-bond donors (Lipinski definition) is 2. The first-order valence-electron chi connectivity index (χ1n) is 5.77. The zero-order valence-electron chi connectivity index (χ0n) is 10.8. The van der Waals surface area contributed by atoms with E-state index < -0.39 is 16.8 Å². The van der Waals surface area contributed by atoms with Crippen LogP contribution in [0.4, 0.5) is 11.4 Å². The topological polar surface area (TPSA) is 110 Å². The highest BCUT2D eigenvalue weighted by molar-refractivity contribution is 7.12. The predicted molar refractivity (Wildman–Crippen MR) is 77.1 cm³/mol. The highest BCUT2D eigenvalue weighted by atomic mass is 32.1. The normalized spacial score (nSPS) is 10.1. The Hall–Kier alpha value is -2.74. The number of anilines is 1. The lowest BCUT2D eigenvalue weighted by Crippen LogP contribution is -2.14. The van der Waals surface area contributed by atoms with Gasteiger partial charge in [0.15, 0.2) is 0 Å². The molecule has 0 saturated carbocycles. The zero-order valence-corrected chi connectivity index (χ0v) is 11.6. The number of nitro groups is 1. The number of carbonyl (C=O) groups excluding carboxylic acids is 1. The number of non-ortho nitro benzene ring substituents is 1.